The average molecular weight is 280 g/mol. The first kappa shape index (κ1) is 16.3. The third kappa shape index (κ3) is 3.98. The molecule has 1 N–H and O–H groups in total. The number of nitrogens with zero attached hydrogens (tertiary/aromatic N) is 1. The summed E-state index contributed by atoms with van der Waals surface area (Å²) in [5.41, 5.74) is 1.02. The number of likely N-dealkylation sites (tertiary alicyclic amines) is 1. The summed E-state index contributed by atoms with van der Waals surface area (Å²) in [5.74, 6) is 0.789. The molecule has 2 unspecified atom stereocenters. The zero-order valence-corrected chi connectivity index (χ0v) is 14.6. The molecule has 2 nitrogen and oxygen atoms in total. The Morgan fingerprint density at radius 2 is 1.70 bits per heavy atom. The molecule has 0 aromatic carbocycles. The van der Waals surface area contributed by atoms with Gasteiger partial charge >= 0.3 is 0 Å². The van der Waals surface area contributed by atoms with Gasteiger partial charge in [-0.3, -0.25) is 4.90 Å². The molecule has 2 fully saturated rings. The summed E-state index contributed by atoms with van der Waals surface area (Å²) in [7, 11) is 0. The lowest BCUT2D eigenvalue weighted by Gasteiger charge is -2.51. The van der Waals surface area contributed by atoms with Gasteiger partial charge < -0.3 is 5.32 Å². The van der Waals surface area contributed by atoms with E-state index in [-0.39, 0.29) is 0 Å². The van der Waals surface area contributed by atoms with Crippen molar-refractivity contribution in [2.75, 3.05) is 19.6 Å². The van der Waals surface area contributed by atoms with Crippen LogP contribution in [0.2, 0.25) is 0 Å². The Morgan fingerprint density at radius 1 is 1.10 bits per heavy atom. The summed E-state index contributed by atoms with van der Waals surface area (Å²) in [6.45, 7) is 18.2. The highest BCUT2D eigenvalue weighted by molar-refractivity contribution is 4.95. The minimum Gasteiger partial charge on any atom is -0.314 e. The van der Waals surface area contributed by atoms with E-state index in [1.54, 1.807) is 0 Å². The highest BCUT2D eigenvalue weighted by atomic mass is 15.2. The molecule has 2 rings (SSSR count). The smallest absolute Gasteiger partial charge is 0.0117 e. The van der Waals surface area contributed by atoms with Crippen LogP contribution < -0.4 is 5.32 Å². The quantitative estimate of drug-likeness (QED) is 0.843. The number of nitrogens with one attached hydrogen (secondary N) is 1. The molecule has 0 bridgehead atoms. The van der Waals surface area contributed by atoms with E-state index in [9.17, 15) is 0 Å². The van der Waals surface area contributed by atoms with Gasteiger partial charge in [-0.25, -0.2) is 0 Å². The largest absolute Gasteiger partial charge is 0.314 e. The lowest BCUT2D eigenvalue weighted by molar-refractivity contribution is 0.00174. The Balaban J connectivity index is 1.98. The Labute approximate surface area is 126 Å². The van der Waals surface area contributed by atoms with E-state index in [0.717, 1.165) is 24.5 Å². The zero-order chi connectivity index (χ0) is 15.0. The first-order chi connectivity index (χ1) is 9.22. The molecule has 118 valence electrons. The SMILES string of the molecule is CCNC1CCN(C2CC(C)(C)CC(C)(C)C2)CC1C. The summed E-state index contributed by atoms with van der Waals surface area (Å²) in [4.78, 5) is 2.81. The number of hydrogen-bond donors (Lipinski definition) is 1. The summed E-state index contributed by atoms with van der Waals surface area (Å²) >= 11 is 0. The Hall–Kier alpha value is -0.0800. The van der Waals surface area contributed by atoms with Gasteiger partial charge in [-0.2, -0.15) is 0 Å². The molecule has 1 aliphatic carbocycles. The minimum atomic E-state index is 0.508. The molecule has 1 aliphatic heterocycles. The maximum absolute atomic E-state index is 3.66. The van der Waals surface area contributed by atoms with E-state index in [4.69, 9.17) is 0 Å². The molecule has 20 heavy (non-hydrogen) atoms. The van der Waals surface area contributed by atoms with E-state index in [2.05, 4.69) is 51.8 Å². The maximum Gasteiger partial charge on any atom is 0.0117 e. The third-order valence-electron chi connectivity index (χ3n) is 5.45. The molecule has 2 atom stereocenters. The average Bonchev–Trinajstić information content (AvgIpc) is 2.28. The van der Waals surface area contributed by atoms with E-state index in [1.165, 1.54) is 38.8 Å². The van der Waals surface area contributed by atoms with Crippen LogP contribution in [0.25, 0.3) is 0 Å². The van der Waals surface area contributed by atoms with Crippen molar-refractivity contribution in [1.29, 1.82) is 0 Å². The molecular weight excluding hydrogens is 244 g/mol. The second-order valence-electron chi connectivity index (χ2n) is 8.99. The zero-order valence-electron chi connectivity index (χ0n) is 14.6. The fourth-order valence-electron chi connectivity index (χ4n) is 5.12. The first-order valence-corrected chi connectivity index (χ1v) is 8.70. The van der Waals surface area contributed by atoms with Gasteiger partial charge in [0.2, 0.25) is 0 Å². The van der Waals surface area contributed by atoms with Gasteiger partial charge in [-0.1, -0.05) is 41.5 Å². The highest BCUT2D eigenvalue weighted by Crippen LogP contribution is 2.47. The Bertz CT molecular complexity index is 305. The van der Waals surface area contributed by atoms with Gasteiger partial charge in [0.1, 0.15) is 0 Å². The normalized spacial score (nSPS) is 35.1. The molecule has 0 amide bonds. The summed E-state index contributed by atoms with van der Waals surface area (Å²) in [6.07, 6.45) is 5.47. The number of hydrogen-bond acceptors (Lipinski definition) is 2. The van der Waals surface area contributed by atoms with E-state index in [0.29, 0.717) is 10.8 Å². The summed E-state index contributed by atoms with van der Waals surface area (Å²) < 4.78 is 0. The van der Waals surface area contributed by atoms with Crippen LogP contribution >= 0.6 is 0 Å². The van der Waals surface area contributed by atoms with Crippen molar-refractivity contribution in [3.8, 4) is 0 Å². The van der Waals surface area contributed by atoms with E-state index >= 15 is 0 Å². The van der Waals surface area contributed by atoms with Gasteiger partial charge in [0.25, 0.3) is 0 Å². The van der Waals surface area contributed by atoms with Crippen LogP contribution in [0.3, 0.4) is 0 Å². The highest BCUT2D eigenvalue weighted by Gasteiger charge is 2.41. The molecule has 2 heteroatoms. The molecule has 2 aliphatic rings. The fourth-order valence-corrected chi connectivity index (χ4v) is 5.12. The molecule has 0 aromatic heterocycles. The first-order valence-electron chi connectivity index (χ1n) is 8.70. The van der Waals surface area contributed by atoms with Crippen molar-refractivity contribution in [3.63, 3.8) is 0 Å². The van der Waals surface area contributed by atoms with Crippen LogP contribution in [-0.4, -0.2) is 36.6 Å². The van der Waals surface area contributed by atoms with Crippen LogP contribution in [0.15, 0.2) is 0 Å². The Morgan fingerprint density at radius 3 is 2.20 bits per heavy atom. The number of rotatable bonds is 3. The van der Waals surface area contributed by atoms with Gasteiger partial charge in [0.05, 0.1) is 0 Å². The van der Waals surface area contributed by atoms with Gasteiger partial charge in [-0.05, 0) is 55.5 Å². The van der Waals surface area contributed by atoms with Crippen molar-refractivity contribution >= 4 is 0 Å². The second-order valence-corrected chi connectivity index (χ2v) is 8.99. The number of piperidine rings is 1. The molecule has 0 aromatic rings. The fraction of sp³-hybridized carbons (Fsp3) is 1.00. The lowest BCUT2D eigenvalue weighted by Crippen LogP contribution is -2.54. The standard InChI is InChI=1S/C18H36N2/c1-7-19-16-8-9-20(12-14(16)2)15-10-17(3,4)13-18(5,6)11-15/h14-16,19H,7-13H2,1-6H3. The van der Waals surface area contributed by atoms with E-state index in [1.807, 2.05) is 0 Å². The predicted octanol–water partition coefficient (Wildman–Crippen LogP) is 3.91. The van der Waals surface area contributed by atoms with Crippen LogP contribution in [0.4, 0.5) is 0 Å². The lowest BCUT2D eigenvalue weighted by atomic mass is 9.63. The van der Waals surface area contributed by atoms with Gasteiger partial charge in [0, 0.05) is 18.6 Å². The van der Waals surface area contributed by atoms with Crippen molar-refractivity contribution in [3.05, 3.63) is 0 Å². The van der Waals surface area contributed by atoms with Crippen molar-refractivity contribution in [1.82, 2.24) is 10.2 Å². The summed E-state index contributed by atoms with van der Waals surface area (Å²) in [5, 5.41) is 3.66. The monoisotopic (exact) mass is 280 g/mol. The topological polar surface area (TPSA) is 15.3 Å². The molecule has 1 saturated heterocycles. The molecule has 1 saturated carbocycles. The second kappa shape index (κ2) is 5.96. The van der Waals surface area contributed by atoms with Crippen molar-refractivity contribution in [2.45, 2.75) is 79.3 Å². The van der Waals surface area contributed by atoms with Gasteiger partial charge in [-0.15, -0.1) is 0 Å². The van der Waals surface area contributed by atoms with Crippen molar-refractivity contribution in [2.24, 2.45) is 16.7 Å². The van der Waals surface area contributed by atoms with Crippen molar-refractivity contribution < 1.29 is 0 Å². The van der Waals surface area contributed by atoms with Gasteiger partial charge in [0.15, 0.2) is 0 Å². The minimum absolute atomic E-state index is 0.508. The van der Waals surface area contributed by atoms with E-state index < -0.39 is 0 Å². The maximum atomic E-state index is 3.66. The Kier molecular flexibility index (Phi) is 4.86. The predicted molar refractivity (Wildman–Crippen MR) is 88.0 cm³/mol. The third-order valence-corrected chi connectivity index (χ3v) is 5.45. The molecule has 1 heterocycles. The van der Waals surface area contributed by atoms with Crippen LogP contribution in [0.1, 0.15) is 67.2 Å². The molecular formula is C18H36N2. The molecule has 0 spiro atoms. The van der Waals surface area contributed by atoms with Crippen LogP contribution in [0, 0.1) is 16.7 Å². The van der Waals surface area contributed by atoms with Crippen LogP contribution in [0.5, 0.6) is 0 Å². The summed E-state index contributed by atoms with van der Waals surface area (Å²) in [6, 6.07) is 1.54. The molecule has 0 radical (unpaired) electrons. The van der Waals surface area contributed by atoms with Crippen LogP contribution in [-0.2, 0) is 0 Å².